The first-order valence-electron chi connectivity index (χ1n) is 7.24. The zero-order chi connectivity index (χ0) is 17.3. The van der Waals surface area contributed by atoms with Crippen LogP contribution in [-0.2, 0) is 6.18 Å². The molecule has 0 aromatic carbocycles. The Labute approximate surface area is 139 Å². The van der Waals surface area contributed by atoms with Gasteiger partial charge in [-0.1, -0.05) is 0 Å². The van der Waals surface area contributed by atoms with Gasteiger partial charge in [-0.05, 0) is 12.8 Å². The van der Waals surface area contributed by atoms with Crippen molar-refractivity contribution >= 4 is 23.1 Å². The molecule has 0 radical (unpaired) electrons. The summed E-state index contributed by atoms with van der Waals surface area (Å²) in [6.45, 7) is 1.12. The summed E-state index contributed by atoms with van der Waals surface area (Å²) < 4.78 is 38.2. The number of piperidine rings is 1. The summed E-state index contributed by atoms with van der Waals surface area (Å²) in [7, 11) is 0. The fourth-order valence-corrected chi connectivity index (χ4v) is 3.60. The highest BCUT2D eigenvalue weighted by molar-refractivity contribution is 7.09. The van der Waals surface area contributed by atoms with Gasteiger partial charge in [0, 0.05) is 30.5 Å². The fourth-order valence-electron chi connectivity index (χ4n) is 2.62. The average molecular weight is 357 g/mol. The van der Waals surface area contributed by atoms with E-state index in [0.29, 0.717) is 13.1 Å². The number of nitrogens with two attached hydrogens (primary N) is 1. The lowest BCUT2D eigenvalue weighted by Crippen LogP contribution is -2.33. The van der Waals surface area contributed by atoms with E-state index in [9.17, 15) is 18.0 Å². The lowest BCUT2D eigenvalue weighted by atomic mass is 9.97. The third-order valence-corrected chi connectivity index (χ3v) is 4.89. The smallest absolute Gasteiger partial charge is 0.364 e. The topological polar surface area (TPSA) is 85.0 Å². The van der Waals surface area contributed by atoms with Gasteiger partial charge in [0.2, 0.25) is 0 Å². The number of carbonyl (C=O) groups excluding carboxylic acids is 1. The van der Waals surface area contributed by atoms with E-state index in [-0.39, 0.29) is 17.4 Å². The van der Waals surface area contributed by atoms with Gasteiger partial charge in [0.1, 0.15) is 23.5 Å². The summed E-state index contributed by atoms with van der Waals surface area (Å²) in [6.07, 6.45) is -2.11. The van der Waals surface area contributed by atoms with E-state index < -0.39 is 17.8 Å². The molecule has 3 rings (SSSR count). The predicted octanol–water partition coefficient (Wildman–Crippen LogP) is 2.43. The maximum Gasteiger partial charge on any atom is 0.433 e. The molecule has 0 bridgehead atoms. The van der Waals surface area contributed by atoms with Crippen LogP contribution in [0.2, 0.25) is 0 Å². The Bertz CT molecular complexity index is 740. The second-order valence-corrected chi connectivity index (χ2v) is 6.35. The molecule has 0 spiro atoms. The Morgan fingerprint density at radius 3 is 2.58 bits per heavy atom. The Kier molecular flexibility index (Phi) is 4.39. The van der Waals surface area contributed by atoms with Crippen molar-refractivity contribution in [3.63, 3.8) is 0 Å². The third kappa shape index (κ3) is 3.48. The normalized spacial score (nSPS) is 16.4. The second-order valence-electron chi connectivity index (χ2n) is 5.46. The predicted molar refractivity (Wildman–Crippen MR) is 81.9 cm³/mol. The molecule has 10 heteroatoms. The van der Waals surface area contributed by atoms with Crippen molar-refractivity contribution < 1.29 is 18.0 Å². The number of amides is 1. The van der Waals surface area contributed by atoms with Crippen LogP contribution in [0.1, 0.15) is 39.9 Å². The van der Waals surface area contributed by atoms with Gasteiger partial charge in [0.25, 0.3) is 5.91 Å². The van der Waals surface area contributed by atoms with Crippen LogP contribution in [0.3, 0.4) is 0 Å². The minimum absolute atomic E-state index is 0.170. The second kappa shape index (κ2) is 6.34. The molecule has 2 aromatic rings. The van der Waals surface area contributed by atoms with Crippen LogP contribution < -0.4 is 10.6 Å². The average Bonchev–Trinajstić information content (AvgIpc) is 3.05. The lowest BCUT2D eigenvalue weighted by molar-refractivity contribution is -0.141. The number of hydrogen-bond acceptors (Lipinski definition) is 6. The zero-order valence-corrected chi connectivity index (χ0v) is 13.3. The monoisotopic (exact) mass is 357 g/mol. The molecule has 1 fully saturated rings. The number of primary amides is 1. The first-order chi connectivity index (χ1) is 11.3. The number of nitrogens with zero attached hydrogens (tertiary/aromatic N) is 4. The van der Waals surface area contributed by atoms with Gasteiger partial charge in [0.15, 0.2) is 0 Å². The van der Waals surface area contributed by atoms with E-state index in [1.807, 2.05) is 0 Å². The van der Waals surface area contributed by atoms with Gasteiger partial charge in [0.05, 0.1) is 5.01 Å². The Hall–Kier alpha value is -2.23. The molecule has 1 amide bonds. The van der Waals surface area contributed by atoms with Gasteiger partial charge in [-0.25, -0.2) is 15.0 Å². The number of anilines is 1. The lowest BCUT2D eigenvalue weighted by Gasteiger charge is -2.32. The van der Waals surface area contributed by atoms with Crippen molar-refractivity contribution in [1.29, 1.82) is 0 Å². The molecule has 128 valence electrons. The summed E-state index contributed by atoms with van der Waals surface area (Å²) in [5.41, 5.74) is 4.50. The maximum absolute atomic E-state index is 12.7. The van der Waals surface area contributed by atoms with Crippen LogP contribution in [0, 0.1) is 0 Å². The van der Waals surface area contributed by atoms with Crippen LogP contribution in [0.15, 0.2) is 17.8 Å². The molecule has 1 aliphatic heterocycles. The molecule has 0 aliphatic carbocycles. The van der Waals surface area contributed by atoms with Crippen LogP contribution >= 0.6 is 11.3 Å². The molecule has 2 aromatic heterocycles. The van der Waals surface area contributed by atoms with E-state index in [2.05, 4.69) is 15.0 Å². The molecule has 0 saturated carbocycles. The highest BCUT2D eigenvalue weighted by atomic mass is 32.1. The highest BCUT2D eigenvalue weighted by Crippen LogP contribution is 2.33. The summed E-state index contributed by atoms with van der Waals surface area (Å²) in [5.74, 6) is -0.119. The van der Waals surface area contributed by atoms with Crippen molar-refractivity contribution in [1.82, 2.24) is 15.0 Å². The highest BCUT2D eigenvalue weighted by Gasteiger charge is 2.33. The first kappa shape index (κ1) is 16.6. The third-order valence-electron chi connectivity index (χ3n) is 3.89. The van der Waals surface area contributed by atoms with Crippen molar-refractivity contribution in [3.05, 3.63) is 34.2 Å². The Balaban J connectivity index is 1.67. The van der Waals surface area contributed by atoms with Crippen molar-refractivity contribution in [2.75, 3.05) is 18.0 Å². The summed E-state index contributed by atoms with van der Waals surface area (Å²) in [5, 5.41) is 2.46. The van der Waals surface area contributed by atoms with E-state index >= 15 is 0 Å². The minimum atomic E-state index is -4.48. The number of halogens is 3. The zero-order valence-electron chi connectivity index (χ0n) is 12.5. The van der Waals surface area contributed by atoms with Gasteiger partial charge in [-0.15, -0.1) is 11.3 Å². The fraction of sp³-hybridized carbons (Fsp3) is 0.429. The quantitative estimate of drug-likeness (QED) is 0.912. The number of thiazole rings is 1. The van der Waals surface area contributed by atoms with Crippen LogP contribution in [0.25, 0.3) is 0 Å². The number of aromatic nitrogens is 3. The summed E-state index contributed by atoms with van der Waals surface area (Å²) >= 11 is 1.38. The molecule has 2 N–H and O–H groups in total. The van der Waals surface area contributed by atoms with Crippen LogP contribution in [0.4, 0.5) is 19.0 Å². The first-order valence-corrected chi connectivity index (χ1v) is 8.12. The van der Waals surface area contributed by atoms with Crippen LogP contribution in [-0.4, -0.2) is 33.9 Å². The standard InChI is InChI=1S/C14H14F3N5OS/c15-14(16,17)10-5-11(20-7-19-10)22-3-1-8(2-4-22)13-21-9(6-24-13)12(18)23/h5-8H,1-4H2,(H2,18,23). The van der Waals surface area contributed by atoms with Crippen molar-refractivity contribution in [2.45, 2.75) is 24.9 Å². The Morgan fingerprint density at radius 2 is 2.00 bits per heavy atom. The van der Waals surface area contributed by atoms with Crippen molar-refractivity contribution in [3.8, 4) is 0 Å². The molecule has 1 saturated heterocycles. The molecule has 3 heterocycles. The van der Waals surface area contributed by atoms with Gasteiger partial charge in [-0.2, -0.15) is 13.2 Å². The number of rotatable bonds is 3. The largest absolute Gasteiger partial charge is 0.433 e. The SMILES string of the molecule is NC(=O)c1csc(C2CCN(c3cc(C(F)(F)F)ncn3)CC2)n1. The van der Waals surface area contributed by atoms with E-state index in [1.54, 1.807) is 10.3 Å². The molecule has 0 unspecified atom stereocenters. The molecular weight excluding hydrogens is 343 g/mol. The Morgan fingerprint density at radius 1 is 1.29 bits per heavy atom. The minimum Gasteiger partial charge on any atom is -0.364 e. The van der Waals surface area contributed by atoms with E-state index in [4.69, 9.17) is 5.73 Å². The van der Waals surface area contributed by atoms with Crippen LogP contribution in [0.5, 0.6) is 0 Å². The van der Waals surface area contributed by atoms with E-state index in [1.165, 1.54) is 11.3 Å². The van der Waals surface area contributed by atoms with E-state index in [0.717, 1.165) is 30.2 Å². The van der Waals surface area contributed by atoms with Gasteiger partial charge >= 0.3 is 6.18 Å². The van der Waals surface area contributed by atoms with Gasteiger partial charge < -0.3 is 10.6 Å². The summed E-state index contributed by atoms with van der Waals surface area (Å²) in [4.78, 5) is 24.3. The molecule has 0 atom stereocenters. The molecule has 6 nitrogen and oxygen atoms in total. The maximum atomic E-state index is 12.7. The molecule has 24 heavy (non-hydrogen) atoms. The van der Waals surface area contributed by atoms with Crippen molar-refractivity contribution in [2.24, 2.45) is 5.73 Å². The number of alkyl halides is 3. The summed E-state index contributed by atoms with van der Waals surface area (Å²) in [6, 6.07) is 0.967. The molecule has 1 aliphatic rings. The molecular formula is C14H14F3N5OS. The number of hydrogen-bond donors (Lipinski definition) is 1. The number of carbonyl (C=O) groups is 1. The van der Waals surface area contributed by atoms with Gasteiger partial charge in [-0.3, -0.25) is 4.79 Å².